The monoisotopic (exact) mass is 515 g/mol. The molecule has 2 aromatic carbocycles. The van der Waals surface area contributed by atoms with Gasteiger partial charge in [-0.25, -0.2) is 0 Å². The van der Waals surface area contributed by atoms with Gasteiger partial charge in [0.1, 0.15) is 0 Å². The van der Waals surface area contributed by atoms with E-state index in [1.807, 2.05) is 7.05 Å². The van der Waals surface area contributed by atoms with Gasteiger partial charge < -0.3 is 20.5 Å². The Hall–Kier alpha value is -2.48. The molecule has 0 radical (unpaired) electrons. The van der Waals surface area contributed by atoms with Gasteiger partial charge in [0.2, 0.25) is 0 Å². The lowest BCUT2D eigenvalue weighted by molar-refractivity contribution is 0.796. The van der Waals surface area contributed by atoms with Crippen molar-refractivity contribution in [2.24, 2.45) is 4.99 Å². The molecule has 1 aromatic heterocycles. The largest absolute Gasteiger partial charge is 0.364 e. The van der Waals surface area contributed by atoms with Crippen molar-refractivity contribution >= 4 is 46.5 Å². The lowest BCUT2D eigenvalue weighted by Crippen LogP contribution is -2.37. The van der Waals surface area contributed by atoms with Gasteiger partial charge >= 0.3 is 0 Å². The van der Waals surface area contributed by atoms with E-state index in [0.717, 1.165) is 38.6 Å². The number of aryl methyl sites for hydroxylation is 1. The fourth-order valence-corrected chi connectivity index (χ4v) is 3.84. The van der Waals surface area contributed by atoms with Crippen LogP contribution in [-0.4, -0.2) is 37.6 Å². The van der Waals surface area contributed by atoms with Crippen molar-refractivity contribution in [2.75, 3.05) is 31.6 Å². The smallest absolute Gasteiger partial charge is 0.191 e. The summed E-state index contributed by atoms with van der Waals surface area (Å²) in [4.78, 5) is 10.1. The maximum absolute atomic E-state index is 4.36. The van der Waals surface area contributed by atoms with Crippen molar-refractivity contribution < 1.29 is 0 Å². The number of guanidine groups is 1. The van der Waals surface area contributed by atoms with Crippen LogP contribution in [0.4, 0.5) is 5.69 Å². The van der Waals surface area contributed by atoms with E-state index in [9.17, 15) is 0 Å². The molecule has 0 atom stereocenters. The molecule has 1 aliphatic heterocycles. The molecule has 4 rings (SSSR count). The number of hydrogen-bond acceptors (Lipinski definition) is 2. The number of hydrogen-bond donors (Lipinski definition) is 3. The lowest BCUT2D eigenvalue weighted by Gasteiger charge is -2.19. The van der Waals surface area contributed by atoms with Gasteiger partial charge in [-0.3, -0.25) is 4.99 Å². The van der Waals surface area contributed by atoms with Crippen molar-refractivity contribution in [3.05, 3.63) is 77.5 Å². The fourth-order valence-electron chi connectivity index (χ4n) is 3.84. The second kappa shape index (κ2) is 10.5. The van der Waals surface area contributed by atoms with Crippen LogP contribution in [0, 0.1) is 6.92 Å². The van der Waals surface area contributed by atoms with Crippen LogP contribution in [0.2, 0.25) is 0 Å². The minimum absolute atomic E-state index is 0. The number of fused-ring (bicyclic) bond motifs is 1. The summed E-state index contributed by atoms with van der Waals surface area (Å²) in [7, 11) is 1.82. The van der Waals surface area contributed by atoms with E-state index in [1.165, 1.54) is 33.3 Å². The van der Waals surface area contributed by atoms with Crippen LogP contribution >= 0.6 is 24.0 Å². The standard InChI is InChI=1S/C24H29N5.HI/c1-18-7-5-10-22-20(17-27-23(18)22)11-12-26-24(25-2)28-16-19-8-6-9-21(15-19)29-13-3-4-14-29;/h3-10,15,17,27H,11-14,16H2,1-2H3,(H2,25,26,28);1H. The molecule has 0 spiro atoms. The number of nitrogens with zero attached hydrogens (tertiary/aromatic N) is 2. The van der Waals surface area contributed by atoms with Crippen molar-refractivity contribution in [3.8, 4) is 0 Å². The number of aliphatic imine (C=N–C) groups is 1. The van der Waals surface area contributed by atoms with E-state index in [4.69, 9.17) is 0 Å². The number of anilines is 1. The van der Waals surface area contributed by atoms with E-state index < -0.39 is 0 Å². The first-order valence-corrected chi connectivity index (χ1v) is 10.2. The van der Waals surface area contributed by atoms with Crippen molar-refractivity contribution in [1.29, 1.82) is 0 Å². The van der Waals surface area contributed by atoms with Crippen molar-refractivity contribution in [1.82, 2.24) is 15.6 Å². The number of para-hydroxylation sites is 1. The highest BCUT2D eigenvalue weighted by molar-refractivity contribution is 14.0. The molecule has 0 saturated carbocycles. The summed E-state index contributed by atoms with van der Waals surface area (Å²) in [5.74, 6) is 0.828. The predicted octanol–water partition coefficient (Wildman–Crippen LogP) is 4.38. The number of benzene rings is 2. The van der Waals surface area contributed by atoms with Gasteiger partial charge in [0.25, 0.3) is 0 Å². The Kier molecular flexibility index (Phi) is 7.79. The van der Waals surface area contributed by atoms with Crippen LogP contribution < -0.4 is 15.5 Å². The average molecular weight is 515 g/mol. The van der Waals surface area contributed by atoms with E-state index >= 15 is 0 Å². The van der Waals surface area contributed by atoms with E-state index in [2.05, 4.69) is 93.2 Å². The highest BCUT2D eigenvalue weighted by atomic mass is 127. The second-order valence-electron chi connectivity index (χ2n) is 7.46. The van der Waals surface area contributed by atoms with Gasteiger partial charge in [-0.05, 0) is 42.2 Å². The quantitative estimate of drug-likeness (QED) is 0.198. The third kappa shape index (κ3) is 5.16. The molecule has 5 nitrogen and oxygen atoms in total. The zero-order chi connectivity index (χ0) is 20.1. The molecule has 0 unspecified atom stereocenters. The zero-order valence-electron chi connectivity index (χ0n) is 17.6. The molecule has 0 amide bonds. The Morgan fingerprint density at radius 1 is 1.10 bits per heavy atom. The summed E-state index contributed by atoms with van der Waals surface area (Å²) < 4.78 is 0. The van der Waals surface area contributed by atoms with E-state index in [0.29, 0.717) is 0 Å². The summed E-state index contributed by atoms with van der Waals surface area (Å²) in [6.07, 6.45) is 7.49. The number of aromatic nitrogens is 1. The molecule has 0 aliphatic carbocycles. The topological polar surface area (TPSA) is 55.5 Å². The molecule has 3 N–H and O–H groups in total. The van der Waals surface area contributed by atoms with Crippen LogP contribution in [-0.2, 0) is 13.0 Å². The average Bonchev–Trinajstić information content (AvgIpc) is 3.42. The fraction of sp³-hybridized carbons (Fsp3) is 0.292. The molecule has 1 aliphatic rings. The van der Waals surface area contributed by atoms with Gasteiger partial charge in [0.05, 0.1) is 0 Å². The van der Waals surface area contributed by atoms with Crippen molar-refractivity contribution in [3.63, 3.8) is 0 Å². The maximum Gasteiger partial charge on any atom is 0.191 e. The molecule has 3 aromatic rings. The number of aromatic amines is 1. The number of H-pyrrole nitrogens is 1. The normalized spacial score (nSPS) is 13.5. The molecule has 6 heteroatoms. The predicted molar refractivity (Wildman–Crippen MR) is 138 cm³/mol. The van der Waals surface area contributed by atoms with Gasteiger partial charge in [-0.15, -0.1) is 24.0 Å². The summed E-state index contributed by atoms with van der Waals surface area (Å²) in [6, 6.07) is 15.1. The molecule has 158 valence electrons. The summed E-state index contributed by atoms with van der Waals surface area (Å²) >= 11 is 0. The molecule has 0 fully saturated rings. The third-order valence-electron chi connectivity index (χ3n) is 5.47. The highest BCUT2D eigenvalue weighted by Gasteiger charge is 2.08. The Morgan fingerprint density at radius 3 is 2.70 bits per heavy atom. The summed E-state index contributed by atoms with van der Waals surface area (Å²) in [5.41, 5.74) is 6.37. The Balaban J connectivity index is 0.00000256. The lowest BCUT2D eigenvalue weighted by atomic mass is 10.1. The Morgan fingerprint density at radius 2 is 1.90 bits per heavy atom. The number of nitrogens with one attached hydrogen (secondary N) is 3. The summed E-state index contributed by atoms with van der Waals surface area (Å²) in [6.45, 7) is 5.71. The van der Waals surface area contributed by atoms with E-state index in [-0.39, 0.29) is 24.0 Å². The number of halogens is 1. The maximum atomic E-state index is 4.36. The Bertz CT molecular complexity index is 1030. The third-order valence-corrected chi connectivity index (χ3v) is 5.47. The minimum Gasteiger partial charge on any atom is -0.364 e. The molecule has 0 saturated heterocycles. The summed E-state index contributed by atoms with van der Waals surface area (Å²) in [5, 5.41) is 8.17. The SMILES string of the molecule is CN=C(NCCc1c[nH]c2c(C)cccc12)NCc1cccc(N2CC=CC2)c1.I. The van der Waals surface area contributed by atoms with Crippen LogP contribution in [0.25, 0.3) is 10.9 Å². The highest BCUT2D eigenvalue weighted by Crippen LogP contribution is 2.21. The van der Waals surface area contributed by atoms with Crippen LogP contribution in [0.3, 0.4) is 0 Å². The first-order chi connectivity index (χ1) is 14.2. The van der Waals surface area contributed by atoms with Crippen molar-refractivity contribution in [2.45, 2.75) is 19.9 Å². The zero-order valence-corrected chi connectivity index (χ0v) is 19.9. The van der Waals surface area contributed by atoms with Gasteiger partial charge in [-0.2, -0.15) is 0 Å². The molecular weight excluding hydrogens is 485 g/mol. The molecule has 30 heavy (non-hydrogen) atoms. The Labute approximate surface area is 195 Å². The molecular formula is C24H30IN5. The second-order valence-corrected chi connectivity index (χ2v) is 7.46. The van der Waals surface area contributed by atoms with Gasteiger partial charge in [-0.1, -0.05) is 42.5 Å². The van der Waals surface area contributed by atoms with Crippen LogP contribution in [0.1, 0.15) is 16.7 Å². The molecule has 0 bridgehead atoms. The first-order valence-electron chi connectivity index (χ1n) is 10.2. The van der Waals surface area contributed by atoms with E-state index in [1.54, 1.807) is 0 Å². The molecule has 2 heterocycles. The minimum atomic E-state index is 0. The van der Waals surface area contributed by atoms with Gasteiger partial charge in [0, 0.05) is 56.0 Å². The first kappa shape index (κ1) is 22.2. The van der Waals surface area contributed by atoms with Crippen LogP contribution in [0.5, 0.6) is 0 Å². The number of rotatable bonds is 6. The van der Waals surface area contributed by atoms with Crippen LogP contribution in [0.15, 0.2) is 65.8 Å². The van der Waals surface area contributed by atoms with Gasteiger partial charge in [0.15, 0.2) is 5.96 Å².